The van der Waals surface area contributed by atoms with Crippen molar-refractivity contribution in [2.24, 2.45) is 0 Å². The Balaban J connectivity index is 2.11. The highest BCUT2D eigenvalue weighted by Gasteiger charge is 2.16. The Hall–Kier alpha value is -2.21. The first kappa shape index (κ1) is 15.2. The van der Waals surface area contributed by atoms with E-state index in [2.05, 4.69) is 10.3 Å². The Labute approximate surface area is 124 Å². The summed E-state index contributed by atoms with van der Waals surface area (Å²) in [6, 6.07) is 7.80. The van der Waals surface area contributed by atoms with Crippen LogP contribution in [0.15, 0.2) is 30.5 Å². The highest BCUT2D eigenvalue weighted by atomic mass is 16.3. The molecule has 0 radical (unpaired) electrons. The number of benzene rings is 1. The molecule has 0 aliphatic rings. The lowest BCUT2D eigenvalue weighted by atomic mass is 10.2. The lowest BCUT2D eigenvalue weighted by Crippen LogP contribution is -2.34. The van der Waals surface area contributed by atoms with Gasteiger partial charge in [-0.05, 0) is 25.5 Å². The van der Waals surface area contributed by atoms with Crippen molar-refractivity contribution in [3.8, 4) is 0 Å². The maximum atomic E-state index is 12.5. The molecule has 0 aliphatic heterocycles. The summed E-state index contributed by atoms with van der Waals surface area (Å²) in [5.41, 5.74) is 2.66. The number of hydrogen-bond acceptors (Lipinski definition) is 4. The predicted octanol–water partition coefficient (Wildman–Crippen LogP) is 1.17. The Morgan fingerprint density at radius 3 is 2.81 bits per heavy atom. The van der Waals surface area contributed by atoms with Crippen LogP contribution < -0.4 is 4.90 Å². The van der Waals surface area contributed by atoms with E-state index in [1.165, 1.54) is 4.68 Å². The second kappa shape index (κ2) is 6.99. The van der Waals surface area contributed by atoms with Crippen molar-refractivity contribution in [1.29, 1.82) is 0 Å². The molecule has 2 rings (SSSR count). The fourth-order valence-electron chi connectivity index (χ4n) is 2.22. The number of likely N-dealkylation sites (N-methyl/N-ethyl adjacent to an activating group) is 1. The second-order valence-corrected chi connectivity index (χ2v) is 4.81. The van der Waals surface area contributed by atoms with Gasteiger partial charge in [-0.25, -0.2) is 4.68 Å². The van der Waals surface area contributed by atoms with Gasteiger partial charge in [-0.3, -0.25) is 4.79 Å². The van der Waals surface area contributed by atoms with E-state index in [-0.39, 0.29) is 19.1 Å². The van der Waals surface area contributed by atoms with Gasteiger partial charge in [0.25, 0.3) is 0 Å². The standard InChI is InChI=1S/C15H20N4O2/c1-3-19(14-7-5-4-6-12(14)2)15(21)11-18-10-13(8-9-20)16-17-18/h4-7,10,20H,3,8-9,11H2,1-2H3. The minimum atomic E-state index is -0.0350. The minimum absolute atomic E-state index is 0.0247. The smallest absolute Gasteiger partial charge is 0.248 e. The average Bonchev–Trinajstić information content (AvgIpc) is 2.89. The van der Waals surface area contributed by atoms with Gasteiger partial charge in [0.2, 0.25) is 5.91 Å². The molecule has 1 aromatic heterocycles. The van der Waals surface area contributed by atoms with Crippen molar-refractivity contribution in [3.05, 3.63) is 41.7 Å². The summed E-state index contributed by atoms with van der Waals surface area (Å²) in [4.78, 5) is 14.2. The number of amides is 1. The van der Waals surface area contributed by atoms with Crippen molar-refractivity contribution >= 4 is 11.6 Å². The number of aryl methyl sites for hydroxylation is 1. The van der Waals surface area contributed by atoms with Gasteiger partial charge in [0.05, 0.1) is 5.69 Å². The van der Waals surface area contributed by atoms with Gasteiger partial charge >= 0.3 is 0 Å². The Morgan fingerprint density at radius 1 is 1.38 bits per heavy atom. The first-order valence-electron chi connectivity index (χ1n) is 7.01. The van der Waals surface area contributed by atoms with Gasteiger partial charge in [0.15, 0.2) is 0 Å². The summed E-state index contributed by atoms with van der Waals surface area (Å²) < 4.78 is 1.51. The van der Waals surface area contributed by atoms with E-state index in [1.54, 1.807) is 11.1 Å². The molecule has 1 heterocycles. The molecule has 6 heteroatoms. The number of carbonyl (C=O) groups excluding carboxylic acids is 1. The Morgan fingerprint density at radius 2 is 2.14 bits per heavy atom. The summed E-state index contributed by atoms with van der Waals surface area (Å²) in [6.45, 7) is 4.70. The number of anilines is 1. The third-order valence-electron chi connectivity index (χ3n) is 3.27. The monoisotopic (exact) mass is 288 g/mol. The fourth-order valence-corrected chi connectivity index (χ4v) is 2.22. The van der Waals surface area contributed by atoms with Crippen LogP contribution in [0.25, 0.3) is 0 Å². The topological polar surface area (TPSA) is 71.2 Å². The van der Waals surface area contributed by atoms with Crippen molar-refractivity contribution in [2.75, 3.05) is 18.1 Å². The lowest BCUT2D eigenvalue weighted by Gasteiger charge is -2.22. The largest absolute Gasteiger partial charge is 0.396 e. The predicted molar refractivity (Wildman–Crippen MR) is 80.0 cm³/mol. The maximum Gasteiger partial charge on any atom is 0.248 e. The van der Waals surface area contributed by atoms with Gasteiger partial charge in [-0.15, -0.1) is 5.10 Å². The molecule has 6 nitrogen and oxygen atoms in total. The van der Waals surface area contributed by atoms with Gasteiger partial charge < -0.3 is 10.0 Å². The number of aliphatic hydroxyl groups is 1. The quantitative estimate of drug-likeness (QED) is 0.866. The fraction of sp³-hybridized carbons (Fsp3) is 0.400. The molecular weight excluding hydrogens is 268 g/mol. The van der Waals surface area contributed by atoms with Crippen LogP contribution in [-0.4, -0.2) is 39.2 Å². The highest BCUT2D eigenvalue weighted by molar-refractivity contribution is 5.93. The third kappa shape index (κ3) is 3.66. The summed E-state index contributed by atoms with van der Waals surface area (Å²) in [6.07, 6.45) is 2.14. The van der Waals surface area contributed by atoms with E-state index < -0.39 is 0 Å². The van der Waals surface area contributed by atoms with Gasteiger partial charge in [-0.2, -0.15) is 0 Å². The minimum Gasteiger partial charge on any atom is -0.396 e. The van der Waals surface area contributed by atoms with E-state index >= 15 is 0 Å². The second-order valence-electron chi connectivity index (χ2n) is 4.81. The average molecular weight is 288 g/mol. The van der Waals surface area contributed by atoms with Gasteiger partial charge in [-0.1, -0.05) is 23.4 Å². The molecule has 112 valence electrons. The van der Waals surface area contributed by atoms with E-state index in [4.69, 9.17) is 5.11 Å². The molecule has 0 spiro atoms. The Bertz CT molecular complexity index is 609. The van der Waals surface area contributed by atoms with Crippen LogP contribution in [0.2, 0.25) is 0 Å². The first-order valence-corrected chi connectivity index (χ1v) is 7.01. The van der Waals surface area contributed by atoms with Crippen LogP contribution in [0.4, 0.5) is 5.69 Å². The van der Waals surface area contributed by atoms with Crippen LogP contribution in [-0.2, 0) is 17.8 Å². The number of aromatic nitrogens is 3. The number of para-hydroxylation sites is 1. The molecule has 21 heavy (non-hydrogen) atoms. The zero-order valence-corrected chi connectivity index (χ0v) is 12.4. The molecule has 2 aromatic rings. The molecular formula is C15H20N4O2. The molecule has 1 amide bonds. The van der Waals surface area contributed by atoms with Crippen LogP contribution in [0, 0.1) is 6.92 Å². The molecule has 0 fully saturated rings. The van der Waals surface area contributed by atoms with E-state index in [0.717, 1.165) is 11.3 Å². The van der Waals surface area contributed by atoms with Gasteiger partial charge in [0.1, 0.15) is 6.54 Å². The van der Waals surface area contributed by atoms with E-state index in [1.807, 2.05) is 38.1 Å². The van der Waals surface area contributed by atoms with Crippen molar-refractivity contribution in [1.82, 2.24) is 15.0 Å². The summed E-state index contributed by atoms with van der Waals surface area (Å²) in [5.74, 6) is -0.0350. The molecule has 0 bridgehead atoms. The molecule has 0 unspecified atom stereocenters. The third-order valence-corrected chi connectivity index (χ3v) is 3.27. The van der Waals surface area contributed by atoms with Gasteiger partial charge in [0, 0.05) is 31.5 Å². The maximum absolute atomic E-state index is 12.5. The zero-order valence-electron chi connectivity index (χ0n) is 12.4. The normalized spacial score (nSPS) is 10.6. The molecule has 0 atom stereocenters. The Kier molecular flexibility index (Phi) is 5.05. The summed E-state index contributed by atoms with van der Waals surface area (Å²) in [7, 11) is 0. The summed E-state index contributed by atoms with van der Waals surface area (Å²) in [5, 5.41) is 16.7. The number of nitrogens with zero attached hydrogens (tertiary/aromatic N) is 4. The molecule has 0 saturated heterocycles. The van der Waals surface area contributed by atoms with E-state index in [9.17, 15) is 4.79 Å². The summed E-state index contributed by atoms with van der Waals surface area (Å²) >= 11 is 0. The van der Waals surface area contributed by atoms with Crippen molar-refractivity contribution in [2.45, 2.75) is 26.8 Å². The van der Waals surface area contributed by atoms with Crippen LogP contribution >= 0.6 is 0 Å². The van der Waals surface area contributed by atoms with Crippen LogP contribution in [0.3, 0.4) is 0 Å². The molecule has 1 aromatic carbocycles. The lowest BCUT2D eigenvalue weighted by molar-refractivity contribution is -0.119. The van der Waals surface area contributed by atoms with E-state index in [0.29, 0.717) is 18.7 Å². The van der Waals surface area contributed by atoms with Crippen molar-refractivity contribution < 1.29 is 9.90 Å². The van der Waals surface area contributed by atoms with Crippen LogP contribution in [0.5, 0.6) is 0 Å². The molecule has 0 saturated carbocycles. The number of hydrogen-bond donors (Lipinski definition) is 1. The molecule has 1 N–H and O–H groups in total. The molecule has 0 aliphatic carbocycles. The number of rotatable bonds is 6. The SMILES string of the molecule is CCN(C(=O)Cn1cc(CCO)nn1)c1ccccc1C. The number of aliphatic hydroxyl groups excluding tert-OH is 1. The highest BCUT2D eigenvalue weighted by Crippen LogP contribution is 2.19. The van der Waals surface area contributed by atoms with Crippen LogP contribution in [0.1, 0.15) is 18.2 Å². The first-order chi connectivity index (χ1) is 10.2. The van der Waals surface area contributed by atoms with Crippen molar-refractivity contribution in [3.63, 3.8) is 0 Å². The number of carbonyl (C=O) groups is 1. The zero-order chi connectivity index (χ0) is 15.2.